The lowest BCUT2D eigenvalue weighted by Crippen LogP contribution is -2.49. The van der Waals surface area contributed by atoms with E-state index in [4.69, 9.17) is 0 Å². The Bertz CT molecular complexity index is 342. The molecule has 0 aromatic carbocycles. The maximum atomic E-state index is 4.05. The third-order valence-electron chi connectivity index (χ3n) is 3.59. The van der Waals surface area contributed by atoms with Gasteiger partial charge in [-0.2, -0.15) is 0 Å². The Hall–Kier alpha value is -0.900. The third-order valence-corrected chi connectivity index (χ3v) is 3.59. The smallest absolute Gasteiger partial charge is 0.0790 e. The van der Waals surface area contributed by atoms with Crippen LogP contribution in [-0.2, 0) is 12.6 Å². The Morgan fingerprint density at radius 1 is 1.47 bits per heavy atom. The van der Waals surface area contributed by atoms with E-state index in [0.717, 1.165) is 13.0 Å². The normalized spacial score (nSPS) is 27.2. The van der Waals surface area contributed by atoms with Crippen LogP contribution >= 0.6 is 0 Å². The number of nitrogens with zero attached hydrogens (tertiary/aromatic N) is 3. The third kappa shape index (κ3) is 1.47. The van der Waals surface area contributed by atoms with Crippen molar-refractivity contribution in [3.05, 3.63) is 11.9 Å². The van der Waals surface area contributed by atoms with Crippen LogP contribution in [0, 0.1) is 5.41 Å². The van der Waals surface area contributed by atoms with Crippen LogP contribution in [0.15, 0.2) is 6.20 Å². The van der Waals surface area contributed by atoms with Gasteiger partial charge in [0.1, 0.15) is 0 Å². The van der Waals surface area contributed by atoms with E-state index in [0.29, 0.717) is 0 Å². The maximum Gasteiger partial charge on any atom is 0.0790 e. The minimum absolute atomic E-state index is 0.0330. The molecule has 1 unspecified atom stereocenters. The van der Waals surface area contributed by atoms with Crippen LogP contribution in [-0.4, -0.2) is 21.5 Å². The fraction of sp³-hybridized carbons (Fsp3) is 0.818. The number of hydrogen-bond donors (Lipinski definition) is 1. The van der Waals surface area contributed by atoms with E-state index in [1.807, 2.05) is 17.9 Å². The van der Waals surface area contributed by atoms with E-state index in [1.165, 1.54) is 12.1 Å². The van der Waals surface area contributed by atoms with Crippen molar-refractivity contribution in [2.75, 3.05) is 6.54 Å². The van der Waals surface area contributed by atoms with Crippen LogP contribution in [0.25, 0.3) is 0 Å². The van der Waals surface area contributed by atoms with E-state index in [1.54, 1.807) is 0 Å². The fourth-order valence-electron chi connectivity index (χ4n) is 2.66. The first-order valence-electron chi connectivity index (χ1n) is 5.57. The average Bonchev–Trinajstić information content (AvgIpc) is 2.70. The zero-order valence-electron chi connectivity index (χ0n) is 10.0. The second-order valence-electron chi connectivity index (χ2n) is 5.43. The van der Waals surface area contributed by atoms with Crippen molar-refractivity contribution in [3.8, 4) is 0 Å². The summed E-state index contributed by atoms with van der Waals surface area (Å²) in [4.78, 5) is 0. The summed E-state index contributed by atoms with van der Waals surface area (Å²) in [7, 11) is 1.97. The van der Waals surface area contributed by atoms with Gasteiger partial charge in [-0.25, -0.2) is 0 Å². The van der Waals surface area contributed by atoms with Gasteiger partial charge in [-0.3, -0.25) is 4.68 Å². The predicted octanol–water partition coefficient (Wildman–Crippen LogP) is 1.44. The van der Waals surface area contributed by atoms with Gasteiger partial charge in [-0.05, 0) is 24.8 Å². The summed E-state index contributed by atoms with van der Waals surface area (Å²) in [6, 6.07) is 0. The second kappa shape index (κ2) is 3.30. The molecule has 1 aromatic heterocycles. The molecule has 0 bridgehead atoms. The molecule has 15 heavy (non-hydrogen) atoms. The van der Waals surface area contributed by atoms with Crippen LogP contribution in [0.5, 0.6) is 0 Å². The molecule has 1 saturated heterocycles. The molecule has 2 heterocycles. The highest BCUT2D eigenvalue weighted by molar-refractivity contribution is 5.18. The fourth-order valence-corrected chi connectivity index (χ4v) is 2.66. The van der Waals surface area contributed by atoms with Gasteiger partial charge in [0.15, 0.2) is 0 Å². The summed E-state index contributed by atoms with van der Waals surface area (Å²) in [5, 5.41) is 11.7. The Labute approximate surface area is 91.1 Å². The zero-order valence-corrected chi connectivity index (χ0v) is 10.0. The highest BCUT2D eigenvalue weighted by Crippen LogP contribution is 2.44. The van der Waals surface area contributed by atoms with Crippen molar-refractivity contribution >= 4 is 0 Å². The summed E-state index contributed by atoms with van der Waals surface area (Å²) in [5.41, 5.74) is 1.41. The molecular weight excluding hydrogens is 188 g/mol. The highest BCUT2D eigenvalue weighted by Gasteiger charge is 2.47. The van der Waals surface area contributed by atoms with E-state index >= 15 is 0 Å². The van der Waals surface area contributed by atoms with Crippen molar-refractivity contribution in [1.29, 1.82) is 0 Å². The summed E-state index contributed by atoms with van der Waals surface area (Å²) in [5.74, 6) is 0. The molecule has 4 nitrogen and oxygen atoms in total. The summed E-state index contributed by atoms with van der Waals surface area (Å²) < 4.78 is 1.89. The molecule has 1 fully saturated rings. The Morgan fingerprint density at radius 2 is 2.20 bits per heavy atom. The van der Waals surface area contributed by atoms with Gasteiger partial charge in [0.05, 0.1) is 17.4 Å². The predicted molar refractivity (Wildman–Crippen MR) is 59.4 cm³/mol. The molecule has 84 valence electrons. The Kier molecular flexibility index (Phi) is 2.34. The van der Waals surface area contributed by atoms with Crippen LogP contribution in [0.2, 0.25) is 0 Å². The SMILES string of the molecule is Cn1nncc1C1(C(C)(C)C)CCCN1. The molecule has 0 saturated carbocycles. The maximum absolute atomic E-state index is 4.05. The van der Waals surface area contributed by atoms with Crippen molar-refractivity contribution in [1.82, 2.24) is 20.3 Å². The van der Waals surface area contributed by atoms with Crippen molar-refractivity contribution in [2.45, 2.75) is 39.2 Å². The van der Waals surface area contributed by atoms with Gasteiger partial charge >= 0.3 is 0 Å². The summed E-state index contributed by atoms with van der Waals surface area (Å²) >= 11 is 0. The Balaban J connectivity index is 2.49. The molecule has 0 spiro atoms. The van der Waals surface area contributed by atoms with Crippen molar-refractivity contribution in [2.24, 2.45) is 12.5 Å². The number of hydrogen-bond acceptors (Lipinski definition) is 3. The Morgan fingerprint density at radius 3 is 2.60 bits per heavy atom. The number of nitrogens with one attached hydrogen (secondary N) is 1. The molecule has 1 aromatic rings. The number of aromatic nitrogens is 3. The van der Waals surface area contributed by atoms with Crippen molar-refractivity contribution < 1.29 is 0 Å². The monoisotopic (exact) mass is 208 g/mol. The van der Waals surface area contributed by atoms with E-state index in [-0.39, 0.29) is 11.0 Å². The van der Waals surface area contributed by atoms with E-state index in [2.05, 4.69) is 36.4 Å². The van der Waals surface area contributed by atoms with Crippen LogP contribution in [0.4, 0.5) is 0 Å². The first-order valence-corrected chi connectivity index (χ1v) is 5.57. The van der Waals surface area contributed by atoms with E-state index in [9.17, 15) is 0 Å². The van der Waals surface area contributed by atoms with Gasteiger partial charge < -0.3 is 5.32 Å². The van der Waals surface area contributed by atoms with E-state index < -0.39 is 0 Å². The summed E-state index contributed by atoms with van der Waals surface area (Å²) in [6.07, 6.45) is 4.28. The zero-order chi connectivity index (χ0) is 11.1. The summed E-state index contributed by atoms with van der Waals surface area (Å²) in [6.45, 7) is 7.91. The topological polar surface area (TPSA) is 42.7 Å². The van der Waals surface area contributed by atoms with Gasteiger partial charge in [0.25, 0.3) is 0 Å². The number of rotatable bonds is 1. The molecule has 1 atom stereocenters. The second-order valence-corrected chi connectivity index (χ2v) is 5.43. The molecule has 0 amide bonds. The minimum atomic E-state index is 0.0330. The van der Waals surface area contributed by atoms with Crippen LogP contribution in [0.3, 0.4) is 0 Å². The van der Waals surface area contributed by atoms with Crippen LogP contribution < -0.4 is 5.32 Å². The molecule has 0 radical (unpaired) electrons. The average molecular weight is 208 g/mol. The quantitative estimate of drug-likeness (QED) is 0.759. The molecule has 1 aliphatic rings. The first kappa shape index (κ1) is 10.6. The number of aryl methyl sites for hydroxylation is 1. The standard InChI is InChI=1S/C11H20N4/c1-10(2,3)11(6-5-7-12-11)9-8-13-14-15(9)4/h8,12H,5-7H2,1-4H3. The molecule has 0 aliphatic carbocycles. The van der Waals surface area contributed by atoms with Crippen molar-refractivity contribution in [3.63, 3.8) is 0 Å². The van der Waals surface area contributed by atoms with Gasteiger partial charge in [0, 0.05) is 7.05 Å². The van der Waals surface area contributed by atoms with Gasteiger partial charge in [0.2, 0.25) is 0 Å². The molecule has 1 aliphatic heterocycles. The largest absolute Gasteiger partial charge is 0.306 e. The highest BCUT2D eigenvalue weighted by atomic mass is 15.4. The van der Waals surface area contributed by atoms with Gasteiger partial charge in [-0.15, -0.1) is 5.10 Å². The van der Waals surface area contributed by atoms with Gasteiger partial charge in [-0.1, -0.05) is 26.0 Å². The molecule has 4 heteroatoms. The lowest BCUT2D eigenvalue weighted by molar-refractivity contribution is 0.150. The molecule has 1 N–H and O–H groups in total. The van der Waals surface area contributed by atoms with Crippen LogP contribution in [0.1, 0.15) is 39.3 Å². The molecular formula is C11H20N4. The minimum Gasteiger partial charge on any atom is -0.306 e. The first-order chi connectivity index (χ1) is 6.97. The lowest BCUT2D eigenvalue weighted by Gasteiger charge is -2.41. The molecule has 2 rings (SSSR count). The lowest BCUT2D eigenvalue weighted by atomic mass is 9.70.